The second kappa shape index (κ2) is 7.07. The third-order valence-electron chi connectivity index (χ3n) is 2.67. The third-order valence-corrected chi connectivity index (χ3v) is 4.51. The summed E-state index contributed by atoms with van der Waals surface area (Å²) >= 11 is 0. The van der Waals surface area contributed by atoms with Gasteiger partial charge in [0.15, 0.2) is 0 Å². The fraction of sp³-hybridized carbons (Fsp3) is 0.750. The van der Waals surface area contributed by atoms with Crippen molar-refractivity contribution in [3.8, 4) is 0 Å². The Hall–Kier alpha value is -0.640. The zero-order valence-electron chi connectivity index (χ0n) is 12.0. The molecular weight excluding hydrogens is 253 g/mol. The van der Waals surface area contributed by atoms with Crippen molar-refractivity contribution in [2.75, 3.05) is 20.4 Å². The molecule has 1 amide bonds. The second-order valence-corrected chi connectivity index (χ2v) is 7.42. The van der Waals surface area contributed by atoms with E-state index in [2.05, 4.69) is 5.32 Å². The van der Waals surface area contributed by atoms with E-state index in [1.54, 1.807) is 0 Å². The maximum Gasteiger partial charge on any atom is 0.334 e. The number of nitrogens with one attached hydrogen (secondary N) is 1. The first-order valence-corrected chi connectivity index (χ1v) is 7.52. The van der Waals surface area contributed by atoms with E-state index >= 15 is 0 Å². The van der Waals surface area contributed by atoms with Gasteiger partial charge in [0.2, 0.25) is 6.41 Å². The molecule has 1 atom stereocenters. The minimum absolute atomic E-state index is 0.126. The first kappa shape index (κ1) is 17.4. The molecule has 0 aromatic rings. The van der Waals surface area contributed by atoms with Crippen LogP contribution in [0.15, 0.2) is 11.6 Å². The monoisotopic (exact) mass is 277 g/mol. The highest BCUT2D eigenvalue weighted by atomic mass is 31.2. The Morgan fingerprint density at radius 2 is 1.83 bits per heavy atom. The quantitative estimate of drug-likeness (QED) is 0.441. The summed E-state index contributed by atoms with van der Waals surface area (Å²) in [6.07, 6.45) is 2.75. The summed E-state index contributed by atoms with van der Waals surface area (Å²) in [6, 6.07) is -0.126. The van der Waals surface area contributed by atoms with Crippen molar-refractivity contribution in [1.29, 1.82) is 0 Å². The third kappa shape index (κ3) is 5.80. The first-order valence-electron chi connectivity index (χ1n) is 5.80. The van der Waals surface area contributed by atoms with Crippen LogP contribution in [-0.4, -0.2) is 32.8 Å². The molecule has 0 aliphatic rings. The zero-order valence-corrected chi connectivity index (χ0v) is 12.9. The van der Waals surface area contributed by atoms with Gasteiger partial charge in [0, 0.05) is 20.3 Å². The molecule has 1 N–H and O–H groups in total. The van der Waals surface area contributed by atoms with Crippen LogP contribution in [0.25, 0.3) is 0 Å². The van der Waals surface area contributed by atoms with Crippen LogP contribution < -0.4 is 5.32 Å². The van der Waals surface area contributed by atoms with E-state index in [0.29, 0.717) is 6.41 Å². The van der Waals surface area contributed by atoms with Crippen molar-refractivity contribution >= 4 is 14.0 Å². The molecule has 0 rings (SSSR count). The molecule has 0 aliphatic carbocycles. The smallest absolute Gasteiger partial charge is 0.334 e. The normalized spacial score (nSPS) is 15.3. The number of amides is 1. The number of rotatable bonds is 7. The first-order chi connectivity index (χ1) is 8.18. The lowest BCUT2D eigenvalue weighted by Crippen LogP contribution is -2.25. The molecule has 0 aromatic carbocycles. The predicted molar refractivity (Wildman–Crippen MR) is 72.7 cm³/mol. The van der Waals surface area contributed by atoms with Crippen molar-refractivity contribution < 1.29 is 18.4 Å². The highest BCUT2D eigenvalue weighted by Gasteiger charge is 2.29. The van der Waals surface area contributed by atoms with Gasteiger partial charge in [-0.25, -0.2) is 0 Å². The number of hydrogen-bond acceptors (Lipinski definition) is 4. The Morgan fingerprint density at radius 3 is 2.17 bits per heavy atom. The van der Waals surface area contributed by atoms with Crippen molar-refractivity contribution in [2.24, 2.45) is 5.41 Å². The van der Waals surface area contributed by atoms with Gasteiger partial charge in [0.1, 0.15) is 0 Å². The van der Waals surface area contributed by atoms with Crippen LogP contribution >= 0.6 is 7.60 Å². The molecule has 0 radical (unpaired) electrons. The average molecular weight is 277 g/mol. The summed E-state index contributed by atoms with van der Waals surface area (Å²) in [6.45, 7) is 7.90. The molecule has 106 valence electrons. The predicted octanol–water partition coefficient (Wildman–Crippen LogP) is 2.58. The highest BCUT2D eigenvalue weighted by molar-refractivity contribution is 7.54. The summed E-state index contributed by atoms with van der Waals surface area (Å²) in [4.78, 5) is 10.4. The Morgan fingerprint density at radius 1 is 1.33 bits per heavy atom. The van der Waals surface area contributed by atoms with Crippen molar-refractivity contribution in [3.05, 3.63) is 11.6 Å². The molecule has 0 aromatic heterocycles. The minimum atomic E-state index is -3.09. The molecular formula is C12H24NO4P. The van der Waals surface area contributed by atoms with Crippen LogP contribution in [0.4, 0.5) is 0 Å². The standard InChI is InChI=1S/C12H24NO4P/c1-10(13-9-14)7-11(12(2,3)4)8-18(15,16-5)17-6/h7,9-10H,8H2,1-6H3,(H,13,14)/b11-7-. The van der Waals surface area contributed by atoms with Gasteiger partial charge in [0.05, 0.1) is 6.16 Å². The molecule has 0 saturated heterocycles. The Bertz CT molecular complexity index is 338. The SMILES string of the molecule is COP(=O)(C/C(=C/C(C)NC=O)C(C)(C)C)OC. The molecule has 6 heteroatoms. The maximum absolute atomic E-state index is 12.2. The van der Waals surface area contributed by atoms with E-state index in [1.807, 2.05) is 33.8 Å². The van der Waals surface area contributed by atoms with Crippen LogP contribution in [0.2, 0.25) is 0 Å². The fourth-order valence-electron chi connectivity index (χ4n) is 1.41. The van der Waals surface area contributed by atoms with Crippen LogP contribution in [0.1, 0.15) is 27.7 Å². The summed E-state index contributed by atoms with van der Waals surface area (Å²) < 4.78 is 22.1. The van der Waals surface area contributed by atoms with Gasteiger partial charge in [-0.2, -0.15) is 0 Å². The number of carbonyl (C=O) groups excluding carboxylic acids is 1. The van der Waals surface area contributed by atoms with Crippen LogP contribution in [-0.2, 0) is 18.4 Å². The molecule has 0 fully saturated rings. The van der Waals surface area contributed by atoms with E-state index in [1.165, 1.54) is 14.2 Å². The number of carbonyl (C=O) groups is 1. The van der Waals surface area contributed by atoms with E-state index in [-0.39, 0.29) is 17.6 Å². The Labute approximate surface area is 109 Å². The highest BCUT2D eigenvalue weighted by Crippen LogP contribution is 2.50. The lowest BCUT2D eigenvalue weighted by molar-refractivity contribution is -0.109. The zero-order chi connectivity index (χ0) is 14.4. The van der Waals surface area contributed by atoms with E-state index < -0.39 is 7.60 Å². The maximum atomic E-state index is 12.2. The average Bonchev–Trinajstić information content (AvgIpc) is 2.27. The van der Waals surface area contributed by atoms with Gasteiger partial charge >= 0.3 is 7.60 Å². The minimum Gasteiger partial charge on any atom is -0.353 e. The van der Waals surface area contributed by atoms with Crippen molar-refractivity contribution in [3.63, 3.8) is 0 Å². The molecule has 0 bridgehead atoms. The Balaban J connectivity index is 5.15. The van der Waals surface area contributed by atoms with Gasteiger partial charge in [-0.15, -0.1) is 0 Å². The lowest BCUT2D eigenvalue weighted by atomic mass is 9.86. The molecule has 18 heavy (non-hydrogen) atoms. The van der Waals surface area contributed by atoms with Crippen LogP contribution in [0.5, 0.6) is 0 Å². The number of hydrogen-bond donors (Lipinski definition) is 1. The van der Waals surface area contributed by atoms with E-state index in [9.17, 15) is 9.36 Å². The van der Waals surface area contributed by atoms with Crippen molar-refractivity contribution in [1.82, 2.24) is 5.32 Å². The molecule has 5 nitrogen and oxygen atoms in total. The van der Waals surface area contributed by atoms with Crippen LogP contribution in [0, 0.1) is 5.41 Å². The molecule has 0 spiro atoms. The fourth-order valence-corrected chi connectivity index (χ4v) is 2.81. The van der Waals surface area contributed by atoms with Crippen LogP contribution in [0.3, 0.4) is 0 Å². The van der Waals surface area contributed by atoms with Gasteiger partial charge in [0.25, 0.3) is 0 Å². The van der Waals surface area contributed by atoms with Gasteiger partial charge in [-0.05, 0) is 12.3 Å². The molecule has 0 aliphatic heterocycles. The van der Waals surface area contributed by atoms with E-state index in [0.717, 1.165) is 5.57 Å². The largest absolute Gasteiger partial charge is 0.353 e. The second-order valence-electron chi connectivity index (χ2n) is 5.15. The summed E-state index contributed by atoms with van der Waals surface area (Å²) in [5.74, 6) is 0. The summed E-state index contributed by atoms with van der Waals surface area (Å²) in [7, 11) is -0.348. The summed E-state index contributed by atoms with van der Waals surface area (Å²) in [5.41, 5.74) is 0.752. The lowest BCUT2D eigenvalue weighted by Gasteiger charge is -2.27. The molecule has 0 saturated carbocycles. The molecule has 0 heterocycles. The topological polar surface area (TPSA) is 64.6 Å². The summed E-state index contributed by atoms with van der Waals surface area (Å²) in [5, 5.41) is 2.64. The van der Waals surface area contributed by atoms with Gasteiger partial charge in [-0.1, -0.05) is 32.4 Å². The van der Waals surface area contributed by atoms with E-state index in [4.69, 9.17) is 9.05 Å². The Kier molecular flexibility index (Phi) is 6.82. The van der Waals surface area contributed by atoms with Gasteiger partial charge in [-0.3, -0.25) is 9.36 Å². The number of allylic oxidation sites excluding steroid dienone is 1. The van der Waals surface area contributed by atoms with Gasteiger partial charge < -0.3 is 14.4 Å². The molecule has 1 unspecified atom stereocenters. The van der Waals surface area contributed by atoms with Crippen molar-refractivity contribution in [2.45, 2.75) is 33.7 Å².